The van der Waals surface area contributed by atoms with Crippen molar-refractivity contribution >= 4 is 69.2 Å². The molecule has 0 spiro atoms. The van der Waals surface area contributed by atoms with Gasteiger partial charge >= 0.3 is 71.6 Å². The average molecular weight is 1310 g/mol. The summed E-state index contributed by atoms with van der Waals surface area (Å²) in [6.45, 7) is 0. The van der Waals surface area contributed by atoms with Gasteiger partial charge in [-0.15, -0.1) is 0 Å². The summed E-state index contributed by atoms with van der Waals surface area (Å²) in [5.74, 6) is -76.2. The summed E-state index contributed by atoms with van der Waals surface area (Å²) in [5.41, 5.74) is -0.431. The predicted octanol–water partition coefficient (Wildman–Crippen LogP) is 18.5. The highest BCUT2D eigenvalue weighted by Gasteiger charge is 2.92. The van der Waals surface area contributed by atoms with Gasteiger partial charge in [0.25, 0.3) is 0 Å². The maximum atomic E-state index is 15.3. The van der Waals surface area contributed by atoms with E-state index in [9.17, 15) is 96.6 Å². The van der Waals surface area contributed by atoms with E-state index in [4.69, 9.17) is 0 Å². The van der Waals surface area contributed by atoms with Gasteiger partial charge in [0.05, 0.1) is 0 Å². The SMILES string of the molecule is FC(F)(F)C(F)(F)C(F)(F)C(F)(F)C(F)(F)C(F)(F)CCc1ccc2c(-c3c(P(c4ccccc4)c4ccccc4)ccc4cc(CCC(F)(F)C(F)(F)C(F)(F)C(F)(F)C(F)(F)C(F)(F)F)ccc34)c(P(c3ccccc3)c3ccccc3)ccc2c1. The van der Waals surface area contributed by atoms with Gasteiger partial charge in [0.1, 0.15) is 0 Å². The highest BCUT2D eigenvalue weighted by molar-refractivity contribution is 7.80. The maximum Gasteiger partial charge on any atom is 0.460 e. The fraction of sp³-hybridized carbons (Fsp3) is 0.267. The summed E-state index contributed by atoms with van der Waals surface area (Å²) in [6, 6.07) is 46.8. The number of alkyl halides is 26. The monoisotopic (exact) mass is 1310 g/mol. The number of halogens is 26. The Labute approximate surface area is 483 Å². The van der Waals surface area contributed by atoms with E-state index >= 15 is 17.6 Å². The Bertz CT molecular complexity index is 3430. The maximum absolute atomic E-state index is 15.3. The molecule has 0 nitrogen and oxygen atoms in total. The average Bonchev–Trinajstić information content (AvgIpc) is 0.732. The second kappa shape index (κ2) is 23.3. The van der Waals surface area contributed by atoms with Gasteiger partial charge in [-0.1, -0.05) is 182 Å². The smallest absolute Gasteiger partial charge is 0.200 e. The minimum absolute atomic E-state index is 0.00550. The standard InChI is InChI=1S/C60H38F26P2/c61-49(62,51(65,66)53(69,70)55(73,74)57(77,78)59(81,82)83)31-29-35-21-25-43-37(33-35)23-27-45(87(39-13-5-1-6-14-39)40-15-7-2-8-16-40)47(43)48-44-26-22-36(30-32-50(63,64)52(67,68)54(71,72)56(75,76)58(79,80)60(84,85)86)34-38(44)24-28-46(48)88(41-17-9-3-10-18-41)42-19-11-4-12-20-42/h1-28,33-34H,29-32H2. The lowest BCUT2D eigenvalue weighted by atomic mass is 9.89. The molecule has 8 aromatic rings. The molecule has 28 heteroatoms. The fourth-order valence-corrected chi connectivity index (χ4v) is 14.6. The van der Waals surface area contributed by atoms with E-state index in [-0.39, 0.29) is 32.7 Å². The minimum Gasteiger partial charge on any atom is -0.200 e. The third-order valence-electron chi connectivity index (χ3n) is 14.4. The highest BCUT2D eigenvalue weighted by atomic mass is 31.1. The zero-order valence-corrected chi connectivity index (χ0v) is 45.7. The third-order valence-corrected chi connectivity index (χ3v) is 19.3. The topological polar surface area (TPSA) is 0 Å². The van der Waals surface area contributed by atoms with Crippen LogP contribution in [0, 0.1) is 0 Å². The first kappa shape index (κ1) is 67.3. The van der Waals surface area contributed by atoms with E-state index in [1.54, 1.807) is 133 Å². The lowest BCUT2D eigenvalue weighted by Crippen LogP contribution is -2.70. The molecule has 0 unspecified atom stereocenters. The normalized spacial score (nSPS) is 14.2. The fourth-order valence-electron chi connectivity index (χ4n) is 9.63. The Balaban J connectivity index is 1.35. The van der Waals surface area contributed by atoms with Crippen LogP contribution in [0.15, 0.2) is 182 Å². The zero-order chi connectivity index (χ0) is 65.3. The van der Waals surface area contributed by atoms with Crippen LogP contribution in [-0.4, -0.2) is 71.6 Å². The molecule has 0 bridgehead atoms. The Kier molecular flexibility index (Phi) is 17.8. The number of fused-ring (bicyclic) bond motifs is 2. The van der Waals surface area contributed by atoms with Crippen molar-refractivity contribution in [1.29, 1.82) is 0 Å². The van der Waals surface area contributed by atoms with Crippen LogP contribution >= 0.6 is 15.8 Å². The van der Waals surface area contributed by atoms with Crippen LogP contribution in [-0.2, 0) is 12.8 Å². The molecule has 0 aliphatic heterocycles. The van der Waals surface area contributed by atoms with E-state index in [2.05, 4.69) is 0 Å². The van der Waals surface area contributed by atoms with Crippen LogP contribution in [0.4, 0.5) is 114 Å². The summed E-state index contributed by atoms with van der Waals surface area (Å²) < 4.78 is 367. The van der Waals surface area contributed by atoms with Crippen molar-refractivity contribution < 1.29 is 114 Å². The Morgan fingerprint density at radius 2 is 0.500 bits per heavy atom. The van der Waals surface area contributed by atoms with Crippen LogP contribution in [0.5, 0.6) is 0 Å². The van der Waals surface area contributed by atoms with E-state index in [1.807, 2.05) is 0 Å². The number of hydrogen-bond donors (Lipinski definition) is 0. The quantitative estimate of drug-likeness (QED) is 0.0497. The predicted molar refractivity (Wildman–Crippen MR) is 283 cm³/mol. The number of rotatable bonds is 21. The van der Waals surface area contributed by atoms with E-state index < -0.39 is 124 Å². The van der Waals surface area contributed by atoms with Crippen LogP contribution in [0.2, 0.25) is 0 Å². The Morgan fingerprint density at radius 1 is 0.250 bits per heavy atom. The van der Waals surface area contributed by atoms with Gasteiger partial charge in [-0.3, -0.25) is 0 Å². The molecular weight excluding hydrogens is 1280 g/mol. The summed E-state index contributed by atoms with van der Waals surface area (Å²) in [7, 11) is -3.63. The molecule has 8 rings (SSSR count). The minimum atomic E-state index is -8.13. The van der Waals surface area contributed by atoms with Crippen molar-refractivity contribution in [3.63, 3.8) is 0 Å². The zero-order valence-electron chi connectivity index (χ0n) is 43.9. The summed E-state index contributed by atoms with van der Waals surface area (Å²) in [6.07, 6.45) is -23.3. The second-order valence-corrected chi connectivity index (χ2v) is 24.4. The van der Waals surface area contributed by atoms with Crippen molar-refractivity contribution in [1.82, 2.24) is 0 Å². The third kappa shape index (κ3) is 11.3. The van der Waals surface area contributed by atoms with Crippen LogP contribution in [0.3, 0.4) is 0 Å². The Morgan fingerprint density at radius 3 is 0.750 bits per heavy atom. The number of hydrogen-bond acceptors (Lipinski definition) is 0. The van der Waals surface area contributed by atoms with Crippen molar-refractivity contribution in [2.75, 3.05) is 0 Å². The van der Waals surface area contributed by atoms with E-state index in [0.29, 0.717) is 31.8 Å². The van der Waals surface area contributed by atoms with Crippen LogP contribution in [0.1, 0.15) is 24.0 Å². The Hall–Kier alpha value is -6.68. The number of aryl methyl sites for hydroxylation is 2. The molecule has 0 aromatic heterocycles. The molecule has 88 heavy (non-hydrogen) atoms. The molecule has 8 aromatic carbocycles. The van der Waals surface area contributed by atoms with Crippen molar-refractivity contribution in [2.24, 2.45) is 0 Å². The molecule has 0 radical (unpaired) electrons. The van der Waals surface area contributed by atoms with Gasteiger partial charge in [-0.05, 0) is 104 Å². The van der Waals surface area contributed by atoms with Gasteiger partial charge in [-0.25, -0.2) is 0 Å². The molecule has 0 atom stereocenters. The molecule has 0 aliphatic rings. The van der Waals surface area contributed by atoms with Crippen LogP contribution < -0.4 is 31.8 Å². The molecule has 0 saturated heterocycles. The first-order chi connectivity index (χ1) is 40.5. The summed E-state index contributed by atoms with van der Waals surface area (Å²) in [5, 5.41) is 3.80. The highest BCUT2D eigenvalue weighted by Crippen LogP contribution is 2.63. The van der Waals surface area contributed by atoms with Crippen molar-refractivity contribution in [2.45, 2.75) is 97.3 Å². The summed E-state index contributed by atoms with van der Waals surface area (Å²) in [4.78, 5) is 0. The second-order valence-electron chi connectivity index (χ2n) is 20.0. The first-order valence-corrected chi connectivity index (χ1v) is 28.0. The number of benzene rings is 8. The van der Waals surface area contributed by atoms with Gasteiger partial charge in [0.2, 0.25) is 0 Å². The van der Waals surface area contributed by atoms with Gasteiger partial charge in [0, 0.05) is 12.8 Å². The largest absolute Gasteiger partial charge is 0.460 e. The molecular formula is C60H38F26P2. The molecule has 0 fully saturated rings. The van der Waals surface area contributed by atoms with Gasteiger partial charge in [0.15, 0.2) is 0 Å². The van der Waals surface area contributed by atoms with Gasteiger partial charge < -0.3 is 0 Å². The molecule has 0 aliphatic carbocycles. The van der Waals surface area contributed by atoms with E-state index in [0.717, 1.165) is 24.3 Å². The molecule has 0 heterocycles. The van der Waals surface area contributed by atoms with Crippen molar-refractivity contribution in [3.05, 3.63) is 193 Å². The van der Waals surface area contributed by atoms with Crippen molar-refractivity contribution in [3.8, 4) is 11.1 Å². The lowest BCUT2D eigenvalue weighted by Gasteiger charge is -2.39. The lowest BCUT2D eigenvalue weighted by molar-refractivity contribution is -0.440. The molecule has 0 saturated carbocycles. The van der Waals surface area contributed by atoms with E-state index in [1.165, 1.54) is 24.3 Å². The van der Waals surface area contributed by atoms with Gasteiger partial charge in [-0.2, -0.15) is 114 Å². The summed E-state index contributed by atoms with van der Waals surface area (Å²) >= 11 is 0. The molecule has 0 N–H and O–H groups in total. The molecule has 470 valence electrons. The molecule has 0 amide bonds. The first-order valence-electron chi connectivity index (χ1n) is 25.4. The van der Waals surface area contributed by atoms with Crippen LogP contribution in [0.25, 0.3) is 32.7 Å².